The normalized spacial score (nSPS) is 29.8. The highest BCUT2D eigenvalue weighted by atomic mass is 32.2. The Bertz CT molecular complexity index is 333. The average Bonchev–Trinajstić information content (AvgIpc) is 2.09. The van der Waals surface area contributed by atoms with E-state index in [0.717, 1.165) is 0 Å². The lowest BCUT2D eigenvalue weighted by molar-refractivity contribution is -0.0169. The van der Waals surface area contributed by atoms with Crippen molar-refractivity contribution in [3.63, 3.8) is 0 Å². The predicted molar refractivity (Wildman–Crippen MR) is 51.0 cm³/mol. The molecule has 0 aromatic rings. The summed E-state index contributed by atoms with van der Waals surface area (Å²) in [7, 11) is -3.42. The molecule has 1 heterocycles. The standard InChI is InChI=1S/C8H14N2O3S/c1-7-6-13-8(2)5-10(7)14(11,12)4-3-9/h7-8H,4-6H2,1-2H3. The molecular weight excluding hydrogens is 204 g/mol. The predicted octanol–water partition coefficient (Wildman–Crippen LogP) is -0.0510. The summed E-state index contributed by atoms with van der Waals surface area (Å²) >= 11 is 0. The van der Waals surface area contributed by atoms with E-state index in [1.807, 2.05) is 6.92 Å². The van der Waals surface area contributed by atoms with E-state index >= 15 is 0 Å². The highest BCUT2D eigenvalue weighted by Crippen LogP contribution is 2.15. The zero-order chi connectivity index (χ0) is 10.8. The van der Waals surface area contributed by atoms with E-state index in [0.29, 0.717) is 13.2 Å². The van der Waals surface area contributed by atoms with Gasteiger partial charge in [0.25, 0.3) is 0 Å². The Morgan fingerprint density at radius 1 is 1.57 bits per heavy atom. The van der Waals surface area contributed by atoms with E-state index in [4.69, 9.17) is 10.00 Å². The van der Waals surface area contributed by atoms with Gasteiger partial charge in [-0.15, -0.1) is 0 Å². The first-order valence-electron chi connectivity index (χ1n) is 4.45. The second-order valence-electron chi connectivity index (χ2n) is 3.48. The third kappa shape index (κ3) is 2.44. The summed E-state index contributed by atoms with van der Waals surface area (Å²) in [6.45, 7) is 4.33. The van der Waals surface area contributed by atoms with Crippen molar-refractivity contribution in [2.24, 2.45) is 0 Å². The number of nitrogens with zero attached hydrogens (tertiary/aromatic N) is 2. The molecule has 1 fully saturated rings. The fraction of sp³-hybridized carbons (Fsp3) is 0.875. The third-order valence-corrected chi connectivity index (χ3v) is 3.87. The largest absolute Gasteiger partial charge is 0.375 e. The second kappa shape index (κ2) is 4.26. The molecule has 1 aliphatic rings. The van der Waals surface area contributed by atoms with Crippen LogP contribution in [-0.4, -0.2) is 43.8 Å². The monoisotopic (exact) mass is 218 g/mol. The molecule has 14 heavy (non-hydrogen) atoms. The van der Waals surface area contributed by atoms with Crippen LogP contribution in [0.15, 0.2) is 0 Å². The number of morpholine rings is 1. The number of hydrogen-bond donors (Lipinski definition) is 0. The van der Waals surface area contributed by atoms with E-state index in [-0.39, 0.29) is 12.1 Å². The molecular formula is C8H14N2O3S. The zero-order valence-electron chi connectivity index (χ0n) is 8.30. The average molecular weight is 218 g/mol. The topological polar surface area (TPSA) is 70.4 Å². The Hall–Kier alpha value is -0.640. The summed E-state index contributed by atoms with van der Waals surface area (Å²) in [6.07, 6.45) is -0.0975. The molecule has 1 aliphatic heterocycles. The summed E-state index contributed by atoms with van der Waals surface area (Å²) in [4.78, 5) is 0. The Balaban J connectivity index is 2.80. The van der Waals surface area contributed by atoms with Crippen LogP contribution in [0.5, 0.6) is 0 Å². The highest BCUT2D eigenvalue weighted by molar-refractivity contribution is 7.89. The van der Waals surface area contributed by atoms with Crippen molar-refractivity contribution in [3.8, 4) is 6.07 Å². The van der Waals surface area contributed by atoms with Crippen molar-refractivity contribution in [1.82, 2.24) is 4.31 Å². The molecule has 2 unspecified atom stereocenters. The smallest absolute Gasteiger partial charge is 0.227 e. The molecule has 80 valence electrons. The molecule has 0 aromatic heterocycles. The number of nitriles is 1. The first-order chi connectivity index (χ1) is 6.47. The quantitative estimate of drug-likeness (QED) is 0.651. The van der Waals surface area contributed by atoms with Crippen LogP contribution in [0.4, 0.5) is 0 Å². The van der Waals surface area contributed by atoms with Crippen LogP contribution in [0.1, 0.15) is 13.8 Å². The highest BCUT2D eigenvalue weighted by Gasteiger charge is 2.32. The van der Waals surface area contributed by atoms with Gasteiger partial charge in [-0.3, -0.25) is 0 Å². The van der Waals surface area contributed by atoms with Gasteiger partial charge in [0.2, 0.25) is 10.0 Å². The molecule has 0 radical (unpaired) electrons. The molecule has 2 atom stereocenters. The van der Waals surface area contributed by atoms with Gasteiger partial charge >= 0.3 is 0 Å². The van der Waals surface area contributed by atoms with Crippen LogP contribution < -0.4 is 0 Å². The van der Waals surface area contributed by atoms with Crippen LogP contribution in [-0.2, 0) is 14.8 Å². The van der Waals surface area contributed by atoms with Crippen LogP contribution in [0.3, 0.4) is 0 Å². The zero-order valence-corrected chi connectivity index (χ0v) is 9.12. The maximum Gasteiger partial charge on any atom is 0.227 e. The van der Waals surface area contributed by atoms with Gasteiger partial charge in [-0.1, -0.05) is 0 Å². The Morgan fingerprint density at radius 3 is 2.79 bits per heavy atom. The summed E-state index contributed by atoms with van der Waals surface area (Å²) in [5, 5.41) is 8.40. The van der Waals surface area contributed by atoms with Crippen molar-refractivity contribution in [2.75, 3.05) is 18.9 Å². The molecule has 0 amide bonds. The number of sulfonamides is 1. The molecule has 0 bridgehead atoms. The molecule has 6 heteroatoms. The molecule has 0 saturated carbocycles. The lowest BCUT2D eigenvalue weighted by atomic mass is 10.2. The van der Waals surface area contributed by atoms with E-state index in [9.17, 15) is 8.42 Å². The SMILES string of the molecule is CC1CN(S(=O)(=O)CC#N)C(C)CO1. The molecule has 5 nitrogen and oxygen atoms in total. The fourth-order valence-electron chi connectivity index (χ4n) is 1.42. The molecule has 0 spiro atoms. The van der Waals surface area contributed by atoms with Gasteiger partial charge in [-0.2, -0.15) is 9.57 Å². The van der Waals surface area contributed by atoms with Crippen LogP contribution in [0.25, 0.3) is 0 Å². The van der Waals surface area contributed by atoms with Crippen molar-refractivity contribution >= 4 is 10.0 Å². The Labute approximate surface area is 84.3 Å². The van der Waals surface area contributed by atoms with Crippen molar-refractivity contribution in [3.05, 3.63) is 0 Å². The first-order valence-corrected chi connectivity index (χ1v) is 6.06. The Kier molecular flexibility index (Phi) is 3.48. The molecule has 0 N–H and O–H groups in total. The van der Waals surface area contributed by atoms with Crippen LogP contribution in [0.2, 0.25) is 0 Å². The van der Waals surface area contributed by atoms with Crippen LogP contribution >= 0.6 is 0 Å². The molecule has 0 aliphatic carbocycles. The summed E-state index contributed by atoms with van der Waals surface area (Å²) in [5.41, 5.74) is 0. The van der Waals surface area contributed by atoms with Gasteiger partial charge in [-0.25, -0.2) is 8.42 Å². The Morgan fingerprint density at radius 2 is 2.21 bits per heavy atom. The van der Waals surface area contributed by atoms with Crippen LogP contribution in [0, 0.1) is 11.3 Å². The fourth-order valence-corrected chi connectivity index (χ4v) is 2.80. The molecule has 1 saturated heterocycles. The summed E-state index contributed by atoms with van der Waals surface area (Å²) < 4.78 is 29.8. The van der Waals surface area contributed by atoms with Gasteiger partial charge in [-0.05, 0) is 13.8 Å². The molecule has 0 aromatic carbocycles. The van der Waals surface area contributed by atoms with E-state index in [1.165, 1.54) is 4.31 Å². The van der Waals surface area contributed by atoms with Crippen molar-refractivity contribution in [1.29, 1.82) is 5.26 Å². The van der Waals surface area contributed by atoms with E-state index in [1.54, 1.807) is 13.0 Å². The lowest BCUT2D eigenvalue weighted by Crippen LogP contribution is -2.50. The maximum absolute atomic E-state index is 11.6. The van der Waals surface area contributed by atoms with E-state index in [2.05, 4.69) is 0 Å². The van der Waals surface area contributed by atoms with Crippen molar-refractivity contribution < 1.29 is 13.2 Å². The van der Waals surface area contributed by atoms with Gasteiger partial charge < -0.3 is 4.74 Å². The summed E-state index contributed by atoms with van der Waals surface area (Å²) in [5.74, 6) is -0.454. The van der Waals surface area contributed by atoms with Gasteiger partial charge in [0.15, 0.2) is 5.75 Å². The summed E-state index contributed by atoms with van der Waals surface area (Å²) in [6, 6.07) is 1.49. The minimum absolute atomic E-state index is 0.0975. The van der Waals surface area contributed by atoms with Crippen molar-refractivity contribution in [2.45, 2.75) is 26.0 Å². The minimum Gasteiger partial charge on any atom is -0.375 e. The van der Waals surface area contributed by atoms with E-state index < -0.39 is 15.8 Å². The maximum atomic E-state index is 11.6. The number of ether oxygens (including phenoxy) is 1. The number of hydrogen-bond acceptors (Lipinski definition) is 4. The third-order valence-electron chi connectivity index (χ3n) is 2.15. The van der Waals surface area contributed by atoms with Gasteiger partial charge in [0, 0.05) is 12.6 Å². The number of rotatable bonds is 2. The van der Waals surface area contributed by atoms with Gasteiger partial charge in [0.1, 0.15) is 0 Å². The van der Waals surface area contributed by atoms with Gasteiger partial charge in [0.05, 0.1) is 18.8 Å². The minimum atomic E-state index is -3.42. The lowest BCUT2D eigenvalue weighted by Gasteiger charge is -2.35. The second-order valence-corrected chi connectivity index (χ2v) is 5.40. The molecule has 1 rings (SSSR count). The first kappa shape index (κ1) is 11.4.